The normalized spacial score (nSPS) is 19.8. The maximum absolute atomic E-state index is 10.0. The SMILES string of the molecule is CNC(CCC(C)(NC)C(C)NC)C(C)(C)O. The first kappa shape index (κ1) is 16.8. The molecule has 4 nitrogen and oxygen atoms in total. The molecule has 0 bridgehead atoms. The van der Waals surface area contributed by atoms with E-state index in [1.807, 2.05) is 35.0 Å². The van der Waals surface area contributed by atoms with Crippen LogP contribution in [-0.4, -0.2) is 49.5 Å². The van der Waals surface area contributed by atoms with Gasteiger partial charge in [-0.2, -0.15) is 0 Å². The summed E-state index contributed by atoms with van der Waals surface area (Å²) in [6.45, 7) is 8.10. The molecule has 0 aromatic carbocycles. The average molecular weight is 245 g/mol. The van der Waals surface area contributed by atoms with Gasteiger partial charge in [-0.3, -0.25) is 0 Å². The second-order valence-corrected chi connectivity index (χ2v) is 5.71. The molecule has 0 saturated carbocycles. The third-order valence-corrected chi connectivity index (χ3v) is 4.11. The van der Waals surface area contributed by atoms with Gasteiger partial charge >= 0.3 is 0 Å². The molecule has 0 aliphatic heterocycles. The van der Waals surface area contributed by atoms with Crippen LogP contribution in [0.25, 0.3) is 0 Å². The molecule has 0 aliphatic rings. The zero-order chi connectivity index (χ0) is 13.7. The second kappa shape index (κ2) is 6.69. The Morgan fingerprint density at radius 1 is 1.06 bits per heavy atom. The van der Waals surface area contributed by atoms with Crippen LogP contribution in [0.3, 0.4) is 0 Å². The Labute approximate surface area is 107 Å². The number of nitrogens with one attached hydrogen (secondary N) is 3. The van der Waals surface area contributed by atoms with E-state index in [0.717, 1.165) is 12.8 Å². The summed E-state index contributed by atoms with van der Waals surface area (Å²) in [6.07, 6.45) is 1.93. The van der Waals surface area contributed by atoms with Crippen molar-refractivity contribution in [3.05, 3.63) is 0 Å². The van der Waals surface area contributed by atoms with Gasteiger partial charge in [-0.15, -0.1) is 0 Å². The number of hydrogen-bond acceptors (Lipinski definition) is 4. The van der Waals surface area contributed by atoms with Gasteiger partial charge in [0.05, 0.1) is 5.60 Å². The fourth-order valence-corrected chi connectivity index (χ4v) is 2.17. The van der Waals surface area contributed by atoms with Crippen molar-refractivity contribution in [2.75, 3.05) is 21.1 Å². The van der Waals surface area contributed by atoms with Gasteiger partial charge in [-0.05, 0) is 61.7 Å². The molecule has 104 valence electrons. The van der Waals surface area contributed by atoms with Crippen molar-refractivity contribution in [2.45, 2.75) is 63.8 Å². The molecule has 0 aliphatic carbocycles. The van der Waals surface area contributed by atoms with Crippen molar-refractivity contribution in [1.29, 1.82) is 0 Å². The number of rotatable bonds is 8. The predicted molar refractivity (Wildman–Crippen MR) is 74.4 cm³/mol. The Morgan fingerprint density at radius 2 is 1.59 bits per heavy atom. The Hall–Kier alpha value is -0.160. The summed E-state index contributed by atoms with van der Waals surface area (Å²) >= 11 is 0. The van der Waals surface area contributed by atoms with Crippen molar-refractivity contribution in [3.63, 3.8) is 0 Å². The lowest BCUT2D eigenvalue weighted by molar-refractivity contribution is 0.0331. The molecule has 0 rings (SSSR count). The van der Waals surface area contributed by atoms with Gasteiger partial charge in [0.2, 0.25) is 0 Å². The van der Waals surface area contributed by atoms with E-state index < -0.39 is 5.60 Å². The summed E-state index contributed by atoms with van der Waals surface area (Å²) < 4.78 is 0. The zero-order valence-corrected chi connectivity index (χ0v) is 12.5. The van der Waals surface area contributed by atoms with Crippen LogP contribution in [-0.2, 0) is 0 Å². The third-order valence-electron chi connectivity index (χ3n) is 4.11. The summed E-state index contributed by atoms with van der Waals surface area (Å²) in [4.78, 5) is 0. The van der Waals surface area contributed by atoms with Gasteiger partial charge in [-0.25, -0.2) is 0 Å². The molecule has 0 spiro atoms. The minimum absolute atomic E-state index is 0.0368. The van der Waals surface area contributed by atoms with Gasteiger partial charge < -0.3 is 21.1 Å². The van der Waals surface area contributed by atoms with Crippen molar-refractivity contribution in [1.82, 2.24) is 16.0 Å². The largest absolute Gasteiger partial charge is 0.389 e. The summed E-state index contributed by atoms with van der Waals surface area (Å²) in [5.41, 5.74) is -0.651. The van der Waals surface area contributed by atoms with E-state index in [1.165, 1.54) is 0 Å². The van der Waals surface area contributed by atoms with Gasteiger partial charge in [0.25, 0.3) is 0 Å². The standard InChI is InChI=1S/C13H31N3O/c1-10(14-5)13(4,16-7)9-8-11(15-6)12(2,3)17/h10-11,14-17H,8-9H2,1-7H3. The highest BCUT2D eigenvalue weighted by atomic mass is 16.3. The van der Waals surface area contributed by atoms with Crippen LogP contribution in [0.15, 0.2) is 0 Å². The maximum atomic E-state index is 10.0. The van der Waals surface area contributed by atoms with Crippen molar-refractivity contribution in [3.8, 4) is 0 Å². The molecule has 0 saturated heterocycles. The first-order valence-corrected chi connectivity index (χ1v) is 6.47. The molecule has 4 N–H and O–H groups in total. The molecule has 0 aromatic rings. The molecule has 4 heteroatoms. The molecule has 3 atom stereocenters. The highest BCUT2D eigenvalue weighted by Crippen LogP contribution is 2.21. The van der Waals surface area contributed by atoms with Gasteiger partial charge in [0.15, 0.2) is 0 Å². The van der Waals surface area contributed by atoms with E-state index >= 15 is 0 Å². The van der Waals surface area contributed by atoms with E-state index in [-0.39, 0.29) is 11.6 Å². The van der Waals surface area contributed by atoms with Gasteiger partial charge in [-0.1, -0.05) is 0 Å². The van der Waals surface area contributed by atoms with Gasteiger partial charge in [0.1, 0.15) is 0 Å². The van der Waals surface area contributed by atoms with E-state index in [2.05, 4.69) is 29.8 Å². The molecule has 3 unspecified atom stereocenters. The highest BCUT2D eigenvalue weighted by Gasteiger charge is 2.32. The third kappa shape index (κ3) is 4.92. The Balaban J connectivity index is 4.50. The molecular formula is C13H31N3O. The average Bonchev–Trinajstić information content (AvgIpc) is 2.26. The molecular weight excluding hydrogens is 214 g/mol. The molecule has 17 heavy (non-hydrogen) atoms. The predicted octanol–water partition coefficient (Wildman–Crippen LogP) is 0.712. The number of hydrogen-bond donors (Lipinski definition) is 4. The van der Waals surface area contributed by atoms with Crippen molar-refractivity contribution >= 4 is 0 Å². The van der Waals surface area contributed by atoms with E-state index in [4.69, 9.17) is 0 Å². The minimum atomic E-state index is -0.688. The fourth-order valence-electron chi connectivity index (χ4n) is 2.17. The topological polar surface area (TPSA) is 56.3 Å². The Bertz CT molecular complexity index is 215. The van der Waals surface area contributed by atoms with E-state index in [9.17, 15) is 5.11 Å². The lowest BCUT2D eigenvalue weighted by Gasteiger charge is -2.38. The van der Waals surface area contributed by atoms with Crippen molar-refractivity contribution < 1.29 is 5.11 Å². The van der Waals surface area contributed by atoms with Crippen LogP contribution in [0.2, 0.25) is 0 Å². The van der Waals surface area contributed by atoms with E-state index in [1.54, 1.807) is 0 Å². The molecule has 0 aromatic heterocycles. The van der Waals surface area contributed by atoms with Crippen LogP contribution in [0.4, 0.5) is 0 Å². The quantitative estimate of drug-likeness (QED) is 0.509. The van der Waals surface area contributed by atoms with Crippen LogP contribution in [0.5, 0.6) is 0 Å². The van der Waals surface area contributed by atoms with Crippen LogP contribution >= 0.6 is 0 Å². The first-order valence-electron chi connectivity index (χ1n) is 6.47. The molecule has 0 heterocycles. The summed E-state index contributed by atoms with van der Waals surface area (Å²) in [5, 5.41) is 19.9. The molecule has 0 amide bonds. The monoisotopic (exact) mass is 245 g/mol. The second-order valence-electron chi connectivity index (χ2n) is 5.71. The zero-order valence-electron chi connectivity index (χ0n) is 12.5. The lowest BCUT2D eigenvalue weighted by atomic mass is 9.84. The minimum Gasteiger partial charge on any atom is -0.389 e. The lowest BCUT2D eigenvalue weighted by Crippen LogP contribution is -2.56. The Kier molecular flexibility index (Phi) is 6.62. The molecule has 0 radical (unpaired) electrons. The summed E-state index contributed by atoms with van der Waals surface area (Å²) in [7, 11) is 5.87. The summed E-state index contributed by atoms with van der Waals surface area (Å²) in [5.74, 6) is 0. The molecule has 0 fully saturated rings. The fraction of sp³-hybridized carbons (Fsp3) is 1.00. The summed E-state index contributed by atoms with van der Waals surface area (Å²) in [6, 6.07) is 0.492. The van der Waals surface area contributed by atoms with Crippen LogP contribution in [0.1, 0.15) is 40.5 Å². The highest BCUT2D eigenvalue weighted by molar-refractivity contribution is 4.94. The first-order chi connectivity index (χ1) is 7.71. The smallest absolute Gasteiger partial charge is 0.0743 e. The van der Waals surface area contributed by atoms with Crippen molar-refractivity contribution in [2.24, 2.45) is 0 Å². The van der Waals surface area contributed by atoms with Gasteiger partial charge in [0, 0.05) is 17.6 Å². The van der Waals surface area contributed by atoms with E-state index in [0.29, 0.717) is 6.04 Å². The number of aliphatic hydroxyl groups is 1. The Morgan fingerprint density at radius 3 is 1.88 bits per heavy atom. The maximum Gasteiger partial charge on any atom is 0.0743 e. The van der Waals surface area contributed by atoms with Crippen LogP contribution < -0.4 is 16.0 Å². The number of likely N-dealkylation sites (N-methyl/N-ethyl adjacent to an activating group) is 3. The van der Waals surface area contributed by atoms with Crippen LogP contribution in [0, 0.1) is 0 Å².